The van der Waals surface area contributed by atoms with Crippen LogP contribution < -0.4 is 24.3 Å². The number of aromatic amines is 1. The monoisotopic (exact) mass is 467 g/mol. The number of nitrogens with one attached hydrogen (secondary N) is 2. The van der Waals surface area contributed by atoms with Gasteiger partial charge in [0.05, 0.1) is 51.0 Å². The Hall–Kier alpha value is -3.98. The average Bonchev–Trinajstić information content (AvgIpc) is 3.34. The number of halogens is 1. The number of anilines is 2. The van der Waals surface area contributed by atoms with Gasteiger partial charge in [-0.2, -0.15) is 5.10 Å². The Bertz CT molecular complexity index is 1250. The summed E-state index contributed by atoms with van der Waals surface area (Å²) in [7, 11) is 6.25. The fraction of sp³-hybridized carbons (Fsp3) is 0.174. The summed E-state index contributed by atoms with van der Waals surface area (Å²) in [6.07, 6.45) is 3.38. The molecule has 4 rings (SSSR count). The zero-order chi connectivity index (χ0) is 23.4. The summed E-state index contributed by atoms with van der Waals surface area (Å²) in [6, 6.07) is 10.9. The van der Waals surface area contributed by atoms with Crippen molar-refractivity contribution < 1.29 is 18.9 Å². The number of aromatic nitrogens is 4. The number of rotatable bonds is 8. The maximum atomic E-state index is 6.17. The van der Waals surface area contributed by atoms with E-state index in [1.54, 1.807) is 59.0 Å². The topological polar surface area (TPSA) is 103 Å². The number of benzene rings is 2. The van der Waals surface area contributed by atoms with E-state index >= 15 is 0 Å². The summed E-state index contributed by atoms with van der Waals surface area (Å²) >= 11 is 6.17. The van der Waals surface area contributed by atoms with Crippen LogP contribution in [-0.4, -0.2) is 48.6 Å². The molecule has 0 aliphatic carbocycles. The van der Waals surface area contributed by atoms with Crippen LogP contribution in [0.15, 0.2) is 48.8 Å². The number of nitrogens with zero attached hydrogens (tertiary/aromatic N) is 3. The standard InChI is InChI=1S/C23H22ClN5O4/c1-30-18-9-13(5-6-16(18)24)21-15(12-26-29-21)17-7-8-25-23(28-17)27-14-10-19(31-2)22(33-4)20(11-14)32-3/h5-12H,1-4H3,(H,26,29)(H,25,27,28). The maximum Gasteiger partial charge on any atom is 0.227 e. The smallest absolute Gasteiger partial charge is 0.227 e. The molecule has 10 heteroatoms. The zero-order valence-corrected chi connectivity index (χ0v) is 19.2. The number of hydrogen-bond acceptors (Lipinski definition) is 8. The van der Waals surface area contributed by atoms with Crippen molar-refractivity contribution in [1.82, 2.24) is 20.2 Å². The van der Waals surface area contributed by atoms with Gasteiger partial charge >= 0.3 is 0 Å². The molecule has 33 heavy (non-hydrogen) atoms. The first-order valence-corrected chi connectivity index (χ1v) is 10.2. The molecule has 4 aromatic rings. The highest BCUT2D eigenvalue weighted by Crippen LogP contribution is 2.40. The van der Waals surface area contributed by atoms with Gasteiger partial charge in [0.2, 0.25) is 11.7 Å². The van der Waals surface area contributed by atoms with Crippen molar-refractivity contribution in [3.63, 3.8) is 0 Å². The summed E-state index contributed by atoms with van der Waals surface area (Å²) in [4.78, 5) is 8.99. The molecule has 0 atom stereocenters. The molecule has 2 N–H and O–H groups in total. The van der Waals surface area contributed by atoms with Crippen LogP contribution in [0.1, 0.15) is 0 Å². The lowest BCUT2D eigenvalue weighted by Crippen LogP contribution is -2.01. The third-order valence-electron chi connectivity index (χ3n) is 4.93. The predicted molar refractivity (Wildman–Crippen MR) is 126 cm³/mol. The first-order valence-electron chi connectivity index (χ1n) is 9.85. The second-order valence-corrected chi connectivity index (χ2v) is 7.22. The summed E-state index contributed by atoms with van der Waals surface area (Å²) in [5.74, 6) is 2.50. The number of ether oxygens (including phenoxy) is 4. The SMILES string of the molecule is COc1cc(-c2[nH]ncc2-c2ccnc(Nc3cc(OC)c(OC)c(OC)c3)n2)ccc1Cl. The van der Waals surface area contributed by atoms with Crippen LogP contribution in [0.2, 0.25) is 5.02 Å². The van der Waals surface area contributed by atoms with Gasteiger partial charge in [-0.3, -0.25) is 5.10 Å². The molecular weight excluding hydrogens is 446 g/mol. The molecular formula is C23H22ClN5O4. The van der Waals surface area contributed by atoms with E-state index in [1.807, 2.05) is 18.2 Å². The van der Waals surface area contributed by atoms with Gasteiger partial charge in [0.1, 0.15) is 5.75 Å². The van der Waals surface area contributed by atoms with Crippen molar-refractivity contribution in [2.24, 2.45) is 0 Å². The minimum absolute atomic E-state index is 0.391. The van der Waals surface area contributed by atoms with E-state index in [0.29, 0.717) is 45.4 Å². The minimum Gasteiger partial charge on any atom is -0.495 e. The van der Waals surface area contributed by atoms with Gasteiger partial charge in [-0.15, -0.1) is 0 Å². The lowest BCUT2D eigenvalue weighted by molar-refractivity contribution is 0.324. The molecule has 0 aliphatic rings. The molecule has 0 spiro atoms. The van der Waals surface area contributed by atoms with E-state index in [0.717, 1.165) is 16.8 Å². The van der Waals surface area contributed by atoms with Gasteiger partial charge in [0, 0.05) is 35.1 Å². The Labute approximate surface area is 195 Å². The van der Waals surface area contributed by atoms with E-state index in [2.05, 4.69) is 25.5 Å². The zero-order valence-electron chi connectivity index (χ0n) is 18.5. The highest BCUT2D eigenvalue weighted by molar-refractivity contribution is 6.32. The van der Waals surface area contributed by atoms with Gasteiger partial charge in [0.15, 0.2) is 11.5 Å². The second kappa shape index (κ2) is 9.66. The lowest BCUT2D eigenvalue weighted by Gasteiger charge is -2.14. The Morgan fingerprint density at radius 2 is 1.61 bits per heavy atom. The third kappa shape index (κ3) is 4.49. The third-order valence-corrected chi connectivity index (χ3v) is 5.24. The summed E-state index contributed by atoms with van der Waals surface area (Å²) < 4.78 is 21.5. The number of hydrogen-bond donors (Lipinski definition) is 2. The van der Waals surface area contributed by atoms with Crippen LogP contribution in [-0.2, 0) is 0 Å². The quantitative estimate of drug-likeness (QED) is 0.374. The molecule has 2 heterocycles. The van der Waals surface area contributed by atoms with Crippen molar-refractivity contribution >= 4 is 23.2 Å². The Balaban J connectivity index is 1.68. The molecule has 9 nitrogen and oxygen atoms in total. The van der Waals surface area contributed by atoms with Crippen LogP contribution in [0, 0.1) is 0 Å². The van der Waals surface area contributed by atoms with Gasteiger partial charge in [-0.1, -0.05) is 17.7 Å². The molecule has 0 bridgehead atoms. The second-order valence-electron chi connectivity index (χ2n) is 6.81. The van der Waals surface area contributed by atoms with Crippen LogP contribution in [0.5, 0.6) is 23.0 Å². The van der Waals surface area contributed by atoms with Gasteiger partial charge in [-0.05, 0) is 18.2 Å². The van der Waals surface area contributed by atoms with Crippen LogP contribution >= 0.6 is 11.6 Å². The number of H-pyrrole nitrogens is 1. The molecule has 0 saturated carbocycles. The minimum atomic E-state index is 0.391. The molecule has 0 saturated heterocycles. The molecule has 2 aromatic heterocycles. The Kier molecular flexibility index (Phi) is 6.50. The van der Waals surface area contributed by atoms with Crippen molar-refractivity contribution in [3.8, 4) is 45.5 Å². The average molecular weight is 468 g/mol. The maximum absolute atomic E-state index is 6.17. The van der Waals surface area contributed by atoms with Crippen molar-refractivity contribution in [2.45, 2.75) is 0 Å². The molecule has 0 fully saturated rings. The normalized spacial score (nSPS) is 10.6. The summed E-state index contributed by atoms with van der Waals surface area (Å²) in [5, 5.41) is 10.9. The molecule has 170 valence electrons. The van der Waals surface area contributed by atoms with E-state index in [1.165, 1.54) is 0 Å². The largest absolute Gasteiger partial charge is 0.495 e. The van der Waals surface area contributed by atoms with E-state index in [9.17, 15) is 0 Å². The van der Waals surface area contributed by atoms with Crippen LogP contribution in [0.4, 0.5) is 11.6 Å². The van der Waals surface area contributed by atoms with Crippen LogP contribution in [0.3, 0.4) is 0 Å². The fourth-order valence-corrected chi connectivity index (χ4v) is 3.56. The van der Waals surface area contributed by atoms with Gasteiger partial charge < -0.3 is 24.3 Å². The molecule has 0 unspecified atom stereocenters. The van der Waals surface area contributed by atoms with Crippen molar-refractivity contribution in [3.05, 3.63) is 53.8 Å². The number of methoxy groups -OCH3 is 4. The lowest BCUT2D eigenvalue weighted by atomic mass is 10.1. The van der Waals surface area contributed by atoms with Crippen molar-refractivity contribution in [1.29, 1.82) is 0 Å². The van der Waals surface area contributed by atoms with Crippen molar-refractivity contribution in [2.75, 3.05) is 33.8 Å². The first kappa shape index (κ1) is 22.2. The van der Waals surface area contributed by atoms with E-state index < -0.39 is 0 Å². The molecule has 0 amide bonds. The Morgan fingerprint density at radius 1 is 0.879 bits per heavy atom. The molecule has 0 radical (unpaired) electrons. The predicted octanol–water partition coefficient (Wildman–Crippen LogP) is 4.97. The van der Waals surface area contributed by atoms with Gasteiger partial charge in [0.25, 0.3) is 0 Å². The van der Waals surface area contributed by atoms with Crippen LogP contribution in [0.25, 0.3) is 22.5 Å². The highest BCUT2D eigenvalue weighted by Gasteiger charge is 2.16. The summed E-state index contributed by atoms with van der Waals surface area (Å²) in [6.45, 7) is 0. The molecule has 2 aromatic carbocycles. The highest BCUT2D eigenvalue weighted by atomic mass is 35.5. The van der Waals surface area contributed by atoms with E-state index in [4.69, 9.17) is 30.5 Å². The first-order chi connectivity index (χ1) is 16.1. The Morgan fingerprint density at radius 3 is 2.27 bits per heavy atom. The van der Waals surface area contributed by atoms with E-state index in [-0.39, 0.29) is 0 Å². The molecule has 0 aliphatic heterocycles. The van der Waals surface area contributed by atoms with Gasteiger partial charge in [-0.25, -0.2) is 9.97 Å². The summed E-state index contributed by atoms with van der Waals surface area (Å²) in [5.41, 5.74) is 3.80. The fourth-order valence-electron chi connectivity index (χ4n) is 3.37.